The van der Waals surface area contributed by atoms with Gasteiger partial charge in [0.05, 0.1) is 11.8 Å². The number of sulfonamides is 1. The fraction of sp³-hybridized carbons (Fsp3) is 0.875. The van der Waals surface area contributed by atoms with E-state index in [1.54, 1.807) is 0 Å². The summed E-state index contributed by atoms with van der Waals surface area (Å²) in [6.07, 6.45) is 1.17. The van der Waals surface area contributed by atoms with Gasteiger partial charge >= 0.3 is 0 Å². The largest absolute Gasteiger partial charge is 0.358 e. The number of carbonyl (C=O) groups excluding carboxylic acids is 1. The molecule has 0 radical (unpaired) electrons. The number of nitrogens with one attached hydrogen (secondary N) is 2. The molecule has 0 rings (SSSR count). The predicted octanol–water partition coefficient (Wildman–Crippen LogP) is -1.22. The normalized spacial score (nSPS) is 13.5. The van der Waals surface area contributed by atoms with Crippen molar-refractivity contribution in [1.29, 1.82) is 0 Å². The third-order valence-corrected chi connectivity index (χ3v) is 3.40. The van der Waals surface area contributed by atoms with Crippen molar-refractivity contribution in [2.45, 2.75) is 25.8 Å². The Kier molecular flexibility index (Phi) is 6.46. The number of rotatable bonds is 7. The third kappa shape index (κ3) is 6.43. The molecule has 0 aromatic rings. The molecular formula is C8H19N3O3S. The molecule has 0 aliphatic heterocycles. The van der Waals surface area contributed by atoms with E-state index in [0.717, 1.165) is 0 Å². The zero-order valence-electron chi connectivity index (χ0n) is 9.12. The maximum Gasteiger partial charge on any atom is 0.237 e. The summed E-state index contributed by atoms with van der Waals surface area (Å²) in [5.74, 6) is -0.344. The Morgan fingerprint density at radius 1 is 1.40 bits per heavy atom. The molecule has 0 aromatic carbocycles. The number of amides is 1. The fourth-order valence-electron chi connectivity index (χ4n) is 1.03. The quantitative estimate of drug-likeness (QED) is 0.483. The Hall–Kier alpha value is -0.660. The van der Waals surface area contributed by atoms with Gasteiger partial charge in [-0.3, -0.25) is 4.79 Å². The summed E-state index contributed by atoms with van der Waals surface area (Å²) in [7, 11) is -1.91. The molecule has 1 atom stereocenters. The molecule has 0 saturated heterocycles. The summed E-state index contributed by atoms with van der Waals surface area (Å²) in [5, 5.41) is 2.37. The first-order valence-electron chi connectivity index (χ1n) is 4.84. The molecule has 1 unspecified atom stereocenters. The Morgan fingerprint density at radius 2 is 2.00 bits per heavy atom. The molecule has 6 nitrogen and oxygen atoms in total. The maximum absolute atomic E-state index is 11.4. The van der Waals surface area contributed by atoms with Crippen LogP contribution in [0.25, 0.3) is 0 Å². The number of hydrogen-bond donors (Lipinski definition) is 3. The van der Waals surface area contributed by atoms with Crippen LogP contribution < -0.4 is 15.8 Å². The van der Waals surface area contributed by atoms with Crippen LogP contribution in [0.2, 0.25) is 0 Å². The van der Waals surface area contributed by atoms with Crippen molar-refractivity contribution in [3.8, 4) is 0 Å². The first-order valence-corrected chi connectivity index (χ1v) is 6.50. The van der Waals surface area contributed by atoms with Gasteiger partial charge in [-0.2, -0.15) is 0 Å². The molecule has 0 fully saturated rings. The highest BCUT2D eigenvalue weighted by molar-refractivity contribution is 7.89. The predicted molar refractivity (Wildman–Crippen MR) is 58.7 cm³/mol. The lowest BCUT2D eigenvalue weighted by Crippen LogP contribution is -2.44. The molecule has 0 heterocycles. The number of carbonyl (C=O) groups is 1. The Morgan fingerprint density at radius 3 is 2.47 bits per heavy atom. The van der Waals surface area contributed by atoms with Gasteiger partial charge in [-0.1, -0.05) is 0 Å². The van der Waals surface area contributed by atoms with Gasteiger partial charge < -0.3 is 11.1 Å². The van der Waals surface area contributed by atoms with Gasteiger partial charge in [0, 0.05) is 7.05 Å². The van der Waals surface area contributed by atoms with Crippen LogP contribution in [-0.4, -0.2) is 39.7 Å². The van der Waals surface area contributed by atoms with Gasteiger partial charge in [0.25, 0.3) is 0 Å². The molecule has 0 bridgehead atoms. The second-order valence-electron chi connectivity index (χ2n) is 3.27. The molecule has 4 N–H and O–H groups in total. The number of hydrogen-bond acceptors (Lipinski definition) is 4. The summed E-state index contributed by atoms with van der Waals surface area (Å²) < 4.78 is 25.1. The van der Waals surface area contributed by atoms with Gasteiger partial charge in [0.2, 0.25) is 15.9 Å². The van der Waals surface area contributed by atoms with Crippen LogP contribution in [0.5, 0.6) is 0 Å². The van der Waals surface area contributed by atoms with Crippen LogP contribution in [0.1, 0.15) is 19.8 Å². The zero-order valence-corrected chi connectivity index (χ0v) is 9.93. The van der Waals surface area contributed by atoms with E-state index in [1.165, 1.54) is 14.0 Å². The monoisotopic (exact) mass is 237 g/mol. The molecule has 1 amide bonds. The lowest BCUT2D eigenvalue weighted by Gasteiger charge is -2.12. The molecule has 0 aromatic heterocycles. The van der Waals surface area contributed by atoms with Crippen LogP contribution >= 0.6 is 0 Å². The Balaban J connectivity index is 4.08. The Bertz CT molecular complexity index is 290. The average molecular weight is 237 g/mol. The van der Waals surface area contributed by atoms with Crippen LogP contribution in [0.15, 0.2) is 0 Å². The summed E-state index contributed by atoms with van der Waals surface area (Å²) in [6, 6.07) is -0.738. The minimum Gasteiger partial charge on any atom is -0.358 e. The molecule has 0 aliphatic rings. The lowest BCUT2D eigenvalue weighted by molar-refractivity contribution is -0.121. The second-order valence-corrected chi connectivity index (χ2v) is 5.14. The summed E-state index contributed by atoms with van der Waals surface area (Å²) in [4.78, 5) is 11.1. The van der Waals surface area contributed by atoms with E-state index < -0.39 is 16.1 Å². The first kappa shape index (κ1) is 14.3. The fourth-order valence-corrected chi connectivity index (χ4v) is 2.38. The van der Waals surface area contributed by atoms with Crippen molar-refractivity contribution in [1.82, 2.24) is 10.0 Å². The van der Waals surface area contributed by atoms with Crippen molar-refractivity contribution in [2.75, 3.05) is 19.3 Å². The van der Waals surface area contributed by atoms with Crippen molar-refractivity contribution in [3.63, 3.8) is 0 Å². The summed E-state index contributed by atoms with van der Waals surface area (Å²) >= 11 is 0. The zero-order chi connectivity index (χ0) is 11.9. The molecular weight excluding hydrogens is 218 g/mol. The van der Waals surface area contributed by atoms with E-state index in [2.05, 4.69) is 10.0 Å². The Labute approximate surface area is 90.7 Å². The highest BCUT2D eigenvalue weighted by atomic mass is 32.2. The lowest BCUT2D eigenvalue weighted by atomic mass is 10.3. The number of likely N-dealkylation sites (N-methyl/N-ethyl adjacent to an activating group) is 1. The van der Waals surface area contributed by atoms with Crippen LogP contribution in [0.3, 0.4) is 0 Å². The van der Waals surface area contributed by atoms with Gasteiger partial charge in [-0.05, 0) is 26.3 Å². The molecule has 90 valence electrons. The second kappa shape index (κ2) is 6.76. The molecule has 15 heavy (non-hydrogen) atoms. The van der Waals surface area contributed by atoms with E-state index >= 15 is 0 Å². The van der Waals surface area contributed by atoms with Crippen molar-refractivity contribution >= 4 is 15.9 Å². The van der Waals surface area contributed by atoms with Crippen LogP contribution in [0.4, 0.5) is 0 Å². The van der Waals surface area contributed by atoms with E-state index in [4.69, 9.17) is 5.73 Å². The van der Waals surface area contributed by atoms with E-state index in [9.17, 15) is 13.2 Å². The maximum atomic E-state index is 11.4. The minimum atomic E-state index is -3.37. The summed E-state index contributed by atoms with van der Waals surface area (Å²) in [5.41, 5.74) is 5.25. The van der Waals surface area contributed by atoms with Crippen molar-refractivity contribution < 1.29 is 13.2 Å². The standard InChI is InChI=1S/C8H19N3O3S/c1-7(8(12)10-2)11-15(13,14)6-4-3-5-9/h7,11H,3-6,9H2,1-2H3,(H,10,12). The van der Waals surface area contributed by atoms with Gasteiger partial charge in [0.1, 0.15) is 0 Å². The smallest absolute Gasteiger partial charge is 0.237 e. The molecule has 0 saturated carbocycles. The van der Waals surface area contributed by atoms with E-state index in [0.29, 0.717) is 19.4 Å². The minimum absolute atomic E-state index is 0.00549. The topological polar surface area (TPSA) is 101 Å². The van der Waals surface area contributed by atoms with Gasteiger partial charge in [-0.25, -0.2) is 13.1 Å². The van der Waals surface area contributed by atoms with Crippen molar-refractivity contribution in [3.05, 3.63) is 0 Å². The SMILES string of the molecule is CNC(=O)C(C)NS(=O)(=O)CCCCN. The van der Waals surface area contributed by atoms with Crippen molar-refractivity contribution in [2.24, 2.45) is 5.73 Å². The van der Waals surface area contributed by atoms with Gasteiger partial charge in [0.15, 0.2) is 0 Å². The molecule has 0 spiro atoms. The van der Waals surface area contributed by atoms with Gasteiger partial charge in [-0.15, -0.1) is 0 Å². The van der Waals surface area contributed by atoms with Crippen LogP contribution in [0, 0.1) is 0 Å². The number of nitrogens with two attached hydrogens (primary N) is 1. The van der Waals surface area contributed by atoms with Crippen LogP contribution in [-0.2, 0) is 14.8 Å². The van der Waals surface area contributed by atoms with E-state index in [-0.39, 0.29) is 11.7 Å². The highest BCUT2D eigenvalue weighted by Gasteiger charge is 2.18. The first-order chi connectivity index (χ1) is 6.93. The summed E-state index contributed by atoms with van der Waals surface area (Å²) in [6.45, 7) is 1.97. The van der Waals surface area contributed by atoms with E-state index in [1.807, 2.05) is 0 Å². The number of unbranched alkanes of at least 4 members (excludes halogenated alkanes) is 1. The third-order valence-electron chi connectivity index (χ3n) is 1.86. The average Bonchev–Trinajstić information content (AvgIpc) is 2.16. The molecule has 0 aliphatic carbocycles. The molecule has 7 heteroatoms. The highest BCUT2D eigenvalue weighted by Crippen LogP contribution is 1.95.